The van der Waals surface area contributed by atoms with Gasteiger partial charge in [0, 0.05) is 0 Å². The summed E-state index contributed by atoms with van der Waals surface area (Å²) in [7, 11) is 0. The van der Waals surface area contributed by atoms with Crippen LogP contribution in [0.4, 0.5) is 0 Å². The first-order chi connectivity index (χ1) is 7.87. The van der Waals surface area contributed by atoms with Gasteiger partial charge in [-0.25, -0.2) is 0 Å². The maximum atomic E-state index is 11.2. The van der Waals surface area contributed by atoms with E-state index in [1.165, 1.54) is 19.3 Å². The molecule has 0 heterocycles. The first-order valence-electron chi connectivity index (χ1n) is 6.31. The molecule has 0 aromatic heterocycles. The van der Waals surface area contributed by atoms with E-state index < -0.39 is 24.0 Å². The Morgan fingerprint density at radius 2 is 1.68 bits per heavy atom. The predicted octanol–water partition coefficient (Wildman–Crippen LogP) is -2.62. The first kappa shape index (κ1) is 25.1. The minimum atomic E-state index is -1.14. The van der Waals surface area contributed by atoms with Gasteiger partial charge < -0.3 is 12.7 Å². The molecular formula is C13H26KLiO4. The monoisotopic (exact) mass is 292 g/mol. The van der Waals surface area contributed by atoms with Crippen LogP contribution >= 0.6 is 0 Å². The van der Waals surface area contributed by atoms with E-state index >= 15 is 0 Å². The summed E-state index contributed by atoms with van der Waals surface area (Å²) in [6, 6.07) is 0. The molecule has 0 fully saturated rings. The Bertz CT molecular complexity index is 267. The van der Waals surface area contributed by atoms with Gasteiger partial charge in [-0.2, -0.15) is 0 Å². The number of rotatable bonds is 9. The average Bonchev–Trinajstić information content (AvgIpc) is 2.14. The summed E-state index contributed by atoms with van der Waals surface area (Å²) in [4.78, 5) is 21.5. The quantitative estimate of drug-likeness (QED) is 0.219. The molecule has 0 saturated heterocycles. The third-order valence-electron chi connectivity index (χ3n) is 2.57. The minimum Gasteiger partial charge on any atom is -1.00 e. The number of hydrogen-bond acceptors (Lipinski definition) is 3. The number of unbranched alkanes of at least 4 members (excludes halogenated alkanes) is 4. The average molecular weight is 292 g/mol. The molecular weight excluding hydrogens is 266 g/mol. The van der Waals surface area contributed by atoms with Crippen molar-refractivity contribution in [1.82, 2.24) is 0 Å². The molecule has 0 spiro atoms. The van der Waals surface area contributed by atoms with E-state index in [2.05, 4.69) is 6.92 Å². The fraction of sp³-hybridized carbons (Fsp3) is 0.846. The van der Waals surface area contributed by atoms with E-state index in [0.29, 0.717) is 0 Å². The minimum absolute atomic E-state index is 0. The summed E-state index contributed by atoms with van der Waals surface area (Å²) in [6.07, 6.45) is 6.01. The van der Waals surface area contributed by atoms with Gasteiger partial charge in [0.1, 0.15) is 12.0 Å². The van der Waals surface area contributed by atoms with Crippen molar-refractivity contribution in [3.05, 3.63) is 0 Å². The molecule has 0 saturated carbocycles. The van der Waals surface area contributed by atoms with Crippen LogP contribution in [0.3, 0.4) is 0 Å². The zero-order chi connectivity index (χ0) is 13.3. The molecule has 0 aromatic rings. The zero-order valence-electron chi connectivity index (χ0n) is 15.1. The van der Waals surface area contributed by atoms with Crippen LogP contribution in [0.15, 0.2) is 0 Å². The number of esters is 1. The second-order valence-electron chi connectivity index (χ2n) is 4.97. The number of ether oxygens (including phenoxy) is 1. The molecule has 0 aliphatic rings. The number of hydrogen-bond donors (Lipinski definition) is 1. The van der Waals surface area contributed by atoms with E-state index in [4.69, 9.17) is 9.84 Å². The van der Waals surface area contributed by atoms with Crippen LogP contribution in [-0.4, -0.2) is 22.6 Å². The van der Waals surface area contributed by atoms with Gasteiger partial charge in [0.05, 0.1) is 0 Å². The first-order valence-corrected chi connectivity index (χ1v) is 6.31. The number of aliphatic carboxylic acids is 1. The van der Waals surface area contributed by atoms with Crippen molar-refractivity contribution in [3.63, 3.8) is 0 Å². The van der Waals surface area contributed by atoms with Gasteiger partial charge in [-0.3, -0.25) is 9.59 Å². The van der Waals surface area contributed by atoms with Crippen molar-refractivity contribution in [2.24, 2.45) is 0 Å². The van der Waals surface area contributed by atoms with E-state index in [0.717, 1.165) is 19.3 Å². The van der Waals surface area contributed by atoms with Crippen LogP contribution < -0.4 is 70.2 Å². The summed E-state index contributed by atoms with van der Waals surface area (Å²) >= 11 is 0. The molecule has 19 heavy (non-hydrogen) atoms. The van der Waals surface area contributed by atoms with Crippen LogP contribution in [0.1, 0.15) is 68.6 Å². The van der Waals surface area contributed by atoms with Gasteiger partial charge in [-0.05, 0) is 26.7 Å². The Hall–Kier alpha value is 1.17. The topological polar surface area (TPSA) is 63.6 Å². The van der Waals surface area contributed by atoms with Gasteiger partial charge >= 0.3 is 82.2 Å². The normalized spacial score (nSPS) is 10.1. The van der Waals surface area contributed by atoms with Crippen LogP contribution in [0.2, 0.25) is 0 Å². The van der Waals surface area contributed by atoms with Crippen molar-refractivity contribution in [1.29, 1.82) is 0 Å². The fourth-order valence-corrected chi connectivity index (χ4v) is 1.67. The molecule has 1 N–H and O–H groups in total. The summed E-state index contributed by atoms with van der Waals surface area (Å²) in [5, 5.41) is 8.45. The molecule has 4 nitrogen and oxygen atoms in total. The molecule has 104 valence electrons. The smallest absolute Gasteiger partial charge is 1.00 e. The molecule has 0 unspecified atom stereocenters. The maximum absolute atomic E-state index is 11.2. The Labute approximate surface area is 174 Å². The maximum Gasteiger partial charge on any atom is 1.00 e. The van der Waals surface area contributed by atoms with Gasteiger partial charge in [0.25, 0.3) is 0 Å². The summed E-state index contributed by atoms with van der Waals surface area (Å²) in [5.41, 5.74) is -0.557. The van der Waals surface area contributed by atoms with E-state index in [1.807, 2.05) is 13.8 Å². The predicted molar refractivity (Wildman–Crippen MR) is 68.0 cm³/mol. The molecule has 0 bridgehead atoms. The van der Waals surface area contributed by atoms with Crippen molar-refractivity contribution in [2.45, 2.75) is 71.3 Å². The van der Waals surface area contributed by atoms with Crippen LogP contribution in [-0.2, 0) is 14.3 Å². The molecule has 0 amide bonds. The van der Waals surface area contributed by atoms with Gasteiger partial charge in [-0.15, -0.1) is 0 Å². The second-order valence-corrected chi connectivity index (χ2v) is 4.97. The van der Waals surface area contributed by atoms with E-state index in [1.54, 1.807) is 0 Å². The molecule has 6 heteroatoms. The second kappa shape index (κ2) is 14.1. The van der Waals surface area contributed by atoms with Crippen LogP contribution in [0, 0.1) is 0 Å². The Balaban J connectivity index is -0.000000213. The van der Waals surface area contributed by atoms with Gasteiger partial charge in [-0.1, -0.05) is 32.6 Å². The fourth-order valence-electron chi connectivity index (χ4n) is 1.67. The van der Waals surface area contributed by atoms with Crippen molar-refractivity contribution < 1.29 is 92.5 Å². The van der Waals surface area contributed by atoms with Crippen molar-refractivity contribution >= 4 is 11.9 Å². The molecule has 0 atom stereocenters. The van der Waals surface area contributed by atoms with Crippen molar-refractivity contribution in [2.75, 3.05) is 0 Å². The van der Waals surface area contributed by atoms with Crippen LogP contribution in [0.25, 0.3) is 0 Å². The molecule has 0 rings (SSSR count). The number of carbonyl (C=O) groups is 2. The molecule has 0 aliphatic heterocycles. The van der Waals surface area contributed by atoms with Crippen LogP contribution in [0.5, 0.6) is 0 Å². The summed E-state index contributed by atoms with van der Waals surface area (Å²) in [6.45, 7) is 5.82. The third kappa shape index (κ3) is 17.1. The molecule has 0 aromatic carbocycles. The Morgan fingerprint density at radius 1 is 1.16 bits per heavy atom. The number of carboxylic acid groups (broad SMARTS) is 1. The van der Waals surface area contributed by atoms with E-state index in [9.17, 15) is 9.59 Å². The molecule has 0 radical (unpaired) electrons. The number of carbonyl (C=O) groups excluding carboxylic acids is 1. The van der Waals surface area contributed by atoms with E-state index in [-0.39, 0.29) is 73.1 Å². The van der Waals surface area contributed by atoms with Gasteiger partial charge in [0.2, 0.25) is 0 Å². The standard InChI is InChI=1S/C13H24O4.K.Li.2H/c1-4-5-6-7-8-9-13(2,3)17-12(16)10-11(14)15;;;;/h4-10H2,1-3H3,(H,14,15);;;;/q;2*+1;2*-1. The Kier molecular flexibility index (Phi) is 18.7. The van der Waals surface area contributed by atoms with Crippen molar-refractivity contribution in [3.8, 4) is 0 Å². The molecule has 0 aliphatic carbocycles. The Morgan fingerprint density at radius 3 is 2.16 bits per heavy atom. The largest absolute Gasteiger partial charge is 1.00 e. The third-order valence-corrected chi connectivity index (χ3v) is 2.57. The SMILES string of the molecule is CCCCCCCC(C)(C)OC(=O)CC(=O)O.[H-].[H-].[K+].[Li+]. The zero-order valence-corrected chi connectivity index (χ0v) is 16.2. The summed E-state index contributed by atoms with van der Waals surface area (Å²) in [5.74, 6) is -1.80. The summed E-state index contributed by atoms with van der Waals surface area (Å²) < 4.78 is 5.14. The number of carboxylic acids is 1. The van der Waals surface area contributed by atoms with Gasteiger partial charge in [0.15, 0.2) is 0 Å².